The fourth-order valence-corrected chi connectivity index (χ4v) is 9.11. The highest BCUT2D eigenvalue weighted by Gasteiger charge is 2.54. The van der Waals surface area contributed by atoms with Gasteiger partial charge >= 0.3 is 12.1 Å². The predicted molar refractivity (Wildman–Crippen MR) is 166 cm³/mol. The largest absolute Gasteiger partial charge is 0.480 e. The van der Waals surface area contributed by atoms with Crippen molar-refractivity contribution < 1.29 is 33.8 Å². The number of carbonyl (C=O) groups is 5. The monoisotopic (exact) mass is 635 g/mol. The maximum Gasteiger partial charge on any atom is 0.410 e. The minimum absolute atomic E-state index is 0.0328. The van der Waals surface area contributed by atoms with Crippen molar-refractivity contribution >= 4 is 46.9 Å². The summed E-state index contributed by atoms with van der Waals surface area (Å²) in [5.74, 6) is -1.35. The molecular weight excluding hydrogens is 598 g/mol. The lowest BCUT2D eigenvalue weighted by Crippen LogP contribution is -2.61. The Bertz CT molecular complexity index is 1490. The van der Waals surface area contributed by atoms with Gasteiger partial charge in [-0.05, 0) is 91.9 Å². The summed E-state index contributed by atoms with van der Waals surface area (Å²) in [5.41, 5.74) is 1.02. The number of hydrogen-bond donors (Lipinski definition) is 2. The standard InChI is InChI=1S/C34H38ClN3O7/c1-45-33(44)38-27(31(42)36-18-30(40)41)13-29(39)24-7-3-5-9-26(24)37(19-23-6-2-4-8-25(23)35)32(43)28(38)17-34-14-20-10-21(15-34)12-22(11-20)16-34/h2-9,20-22,27-28H,10-19H2,1H3,(H,36,42)(H,40,41)/t20?,21?,22?,27-,28+,34?/m0/s1. The van der Waals surface area contributed by atoms with Crippen molar-refractivity contribution in [2.45, 2.75) is 70.0 Å². The highest BCUT2D eigenvalue weighted by molar-refractivity contribution is 6.31. The molecule has 1 aliphatic heterocycles. The summed E-state index contributed by atoms with van der Waals surface area (Å²) in [6, 6.07) is 11.2. The number of rotatable bonds is 7. The van der Waals surface area contributed by atoms with Crippen LogP contribution >= 0.6 is 11.6 Å². The molecule has 0 spiro atoms. The van der Waals surface area contributed by atoms with Crippen molar-refractivity contribution in [2.24, 2.45) is 23.2 Å². The summed E-state index contributed by atoms with van der Waals surface area (Å²) in [6.07, 6.45) is 5.28. The molecule has 11 heteroatoms. The molecule has 0 radical (unpaired) electrons. The van der Waals surface area contributed by atoms with Crippen LogP contribution in [-0.2, 0) is 25.7 Å². The van der Waals surface area contributed by atoms with Crippen molar-refractivity contribution in [3.05, 3.63) is 64.7 Å². The van der Waals surface area contributed by atoms with E-state index in [1.54, 1.807) is 42.5 Å². The zero-order valence-corrected chi connectivity index (χ0v) is 26.0. The molecule has 4 saturated carbocycles. The molecule has 2 aromatic carbocycles. The number of carboxylic acids is 1. The van der Waals surface area contributed by atoms with Crippen LogP contribution in [0.3, 0.4) is 0 Å². The zero-order chi connectivity index (χ0) is 31.9. The van der Waals surface area contributed by atoms with E-state index in [1.165, 1.54) is 31.3 Å². The van der Waals surface area contributed by atoms with Gasteiger partial charge in [-0.3, -0.25) is 24.1 Å². The first-order valence-corrected chi connectivity index (χ1v) is 16.0. The summed E-state index contributed by atoms with van der Waals surface area (Å²) >= 11 is 6.57. The Balaban J connectivity index is 1.50. The van der Waals surface area contributed by atoms with Crippen LogP contribution in [0.15, 0.2) is 48.5 Å². The molecule has 1 heterocycles. The van der Waals surface area contributed by atoms with Crippen molar-refractivity contribution in [3.63, 3.8) is 0 Å². The van der Waals surface area contributed by atoms with E-state index < -0.39 is 54.7 Å². The number of nitrogens with one attached hydrogen (secondary N) is 1. The van der Waals surface area contributed by atoms with Crippen LogP contribution in [0.4, 0.5) is 10.5 Å². The topological polar surface area (TPSA) is 133 Å². The SMILES string of the molecule is COC(=O)N1[C@H](CC23CC4CC(CC(C4)C2)C3)C(=O)N(Cc2ccccc2Cl)c2ccccc2C(=O)C[C@H]1C(=O)NCC(=O)O. The van der Waals surface area contributed by atoms with E-state index in [1.807, 2.05) is 6.07 Å². The number of hydrogen-bond acceptors (Lipinski definition) is 6. The number of nitrogens with zero attached hydrogens (tertiary/aromatic N) is 2. The number of fused-ring (bicyclic) bond motifs is 1. The molecule has 4 fully saturated rings. The van der Waals surface area contributed by atoms with E-state index in [-0.39, 0.29) is 17.5 Å². The van der Waals surface area contributed by atoms with Gasteiger partial charge in [0.25, 0.3) is 0 Å². The summed E-state index contributed by atoms with van der Waals surface area (Å²) in [7, 11) is 1.17. The summed E-state index contributed by atoms with van der Waals surface area (Å²) in [4.78, 5) is 70.5. The highest BCUT2D eigenvalue weighted by Crippen LogP contribution is 2.62. The number of aliphatic carboxylic acids is 1. The lowest BCUT2D eigenvalue weighted by molar-refractivity contribution is -0.140. The Morgan fingerprint density at radius 1 is 0.978 bits per heavy atom. The van der Waals surface area contributed by atoms with Crippen LogP contribution in [0.25, 0.3) is 0 Å². The van der Waals surface area contributed by atoms with Crippen molar-refractivity contribution in [1.29, 1.82) is 0 Å². The number of methoxy groups -OCH3 is 1. The van der Waals surface area contributed by atoms with Crippen molar-refractivity contribution in [1.82, 2.24) is 10.2 Å². The first kappa shape index (κ1) is 31.1. The first-order valence-electron chi connectivity index (χ1n) is 15.6. The third-order valence-electron chi connectivity index (χ3n) is 10.3. The number of ether oxygens (including phenoxy) is 1. The molecule has 0 saturated heterocycles. The molecule has 2 atom stereocenters. The van der Waals surface area contributed by atoms with Crippen LogP contribution in [-0.4, -0.2) is 65.4 Å². The third-order valence-corrected chi connectivity index (χ3v) is 10.6. The van der Waals surface area contributed by atoms with Crippen LogP contribution in [0.2, 0.25) is 5.02 Å². The fraction of sp³-hybridized carbons (Fsp3) is 0.500. The Morgan fingerprint density at radius 3 is 2.22 bits per heavy atom. The van der Waals surface area contributed by atoms with Gasteiger partial charge in [0.05, 0.1) is 19.3 Å². The van der Waals surface area contributed by atoms with Gasteiger partial charge in [0.1, 0.15) is 18.6 Å². The molecular formula is C34H38ClN3O7. The zero-order valence-electron chi connectivity index (χ0n) is 25.2. The number of Topliss-reactive ketones (excluding diaryl/α,β-unsaturated/α-hetero) is 1. The Morgan fingerprint density at radius 2 is 1.60 bits per heavy atom. The highest BCUT2D eigenvalue weighted by atomic mass is 35.5. The van der Waals surface area contributed by atoms with E-state index in [4.69, 9.17) is 16.3 Å². The first-order chi connectivity index (χ1) is 21.6. The van der Waals surface area contributed by atoms with E-state index in [0.29, 0.717) is 40.4 Å². The van der Waals surface area contributed by atoms with Crippen LogP contribution in [0.1, 0.15) is 67.3 Å². The number of carboxylic acid groups (broad SMARTS) is 1. The number of anilines is 1. The minimum atomic E-state index is -1.47. The number of para-hydroxylation sites is 1. The fourth-order valence-electron chi connectivity index (χ4n) is 8.92. The summed E-state index contributed by atoms with van der Waals surface area (Å²) < 4.78 is 5.20. The van der Waals surface area contributed by atoms with E-state index in [2.05, 4.69) is 5.32 Å². The lowest BCUT2D eigenvalue weighted by Gasteiger charge is -2.58. The van der Waals surface area contributed by atoms with Gasteiger partial charge in [0.2, 0.25) is 11.8 Å². The molecule has 10 nitrogen and oxygen atoms in total. The molecule has 0 unspecified atom stereocenters. The molecule has 4 bridgehead atoms. The van der Waals surface area contributed by atoms with Gasteiger partial charge in [0, 0.05) is 17.0 Å². The molecule has 0 aromatic heterocycles. The van der Waals surface area contributed by atoms with Crippen molar-refractivity contribution in [3.8, 4) is 0 Å². The third kappa shape index (κ3) is 6.17. The van der Waals surface area contributed by atoms with Crippen LogP contribution in [0, 0.1) is 23.2 Å². The average Bonchev–Trinajstić information content (AvgIpc) is 3.03. The van der Waals surface area contributed by atoms with Crippen LogP contribution in [0.5, 0.6) is 0 Å². The molecule has 45 heavy (non-hydrogen) atoms. The van der Waals surface area contributed by atoms with Gasteiger partial charge in [0.15, 0.2) is 5.78 Å². The maximum absolute atomic E-state index is 15.1. The van der Waals surface area contributed by atoms with E-state index >= 15 is 4.79 Å². The quantitative estimate of drug-likeness (QED) is 0.434. The molecule has 238 valence electrons. The Labute approximate surface area is 267 Å². The second-order valence-corrected chi connectivity index (χ2v) is 13.7. The molecule has 2 N–H and O–H groups in total. The maximum atomic E-state index is 15.1. The van der Waals surface area contributed by atoms with Gasteiger partial charge in [-0.25, -0.2) is 4.79 Å². The number of halogens is 1. The van der Waals surface area contributed by atoms with Crippen molar-refractivity contribution in [2.75, 3.05) is 18.6 Å². The molecule has 3 amide bonds. The molecule has 4 aliphatic carbocycles. The van der Waals surface area contributed by atoms with Gasteiger partial charge in [-0.1, -0.05) is 41.9 Å². The predicted octanol–water partition coefficient (Wildman–Crippen LogP) is 5.07. The minimum Gasteiger partial charge on any atom is -0.480 e. The van der Waals surface area contributed by atoms with Gasteiger partial charge in [-0.15, -0.1) is 0 Å². The summed E-state index contributed by atoms with van der Waals surface area (Å²) in [6.45, 7) is -0.674. The second kappa shape index (κ2) is 12.5. The van der Waals surface area contributed by atoms with E-state index in [0.717, 1.165) is 24.2 Å². The Kier molecular flexibility index (Phi) is 8.61. The molecule has 2 aromatic rings. The van der Waals surface area contributed by atoms with Crippen LogP contribution < -0.4 is 10.2 Å². The number of amides is 3. The van der Waals surface area contributed by atoms with Gasteiger partial charge in [-0.2, -0.15) is 0 Å². The smallest absolute Gasteiger partial charge is 0.410 e. The molecule has 5 aliphatic rings. The normalized spacial score (nSPS) is 29.0. The Hall–Kier alpha value is -3.92. The number of ketones is 1. The summed E-state index contributed by atoms with van der Waals surface area (Å²) in [5, 5.41) is 12.1. The van der Waals surface area contributed by atoms with E-state index in [9.17, 15) is 24.3 Å². The average molecular weight is 636 g/mol. The van der Waals surface area contributed by atoms with Gasteiger partial charge < -0.3 is 20.1 Å². The number of benzene rings is 2. The number of carbonyl (C=O) groups excluding carboxylic acids is 4. The lowest BCUT2D eigenvalue weighted by atomic mass is 9.48. The second-order valence-electron chi connectivity index (χ2n) is 13.3. The molecule has 7 rings (SSSR count).